The Hall–Kier alpha value is -8.73. The molecule has 0 aromatic heterocycles. The van der Waals surface area contributed by atoms with Gasteiger partial charge < -0.3 is 53.0 Å². The summed E-state index contributed by atoms with van der Waals surface area (Å²) in [5, 5.41) is 20.0. The van der Waals surface area contributed by atoms with Gasteiger partial charge in [-0.05, 0) is 170 Å². The van der Waals surface area contributed by atoms with Crippen LogP contribution in [-0.2, 0) is 55.6 Å². The molecule has 1 aliphatic carbocycles. The van der Waals surface area contributed by atoms with Crippen molar-refractivity contribution in [1.82, 2.24) is 4.90 Å². The molecule has 22 nitrogen and oxygen atoms in total. The maximum absolute atomic E-state index is 12.7. The fraction of sp³-hybridized carbons (Fsp3) is 0.333. The highest BCUT2D eigenvalue weighted by atomic mass is 35.5. The molecule has 0 saturated carbocycles. The van der Waals surface area contributed by atoms with Crippen molar-refractivity contribution in [2.75, 3.05) is 42.6 Å². The van der Waals surface area contributed by atoms with Gasteiger partial charge in [0.05, 0.1) is 58.6 Å². The van der Waals surface area contributed by atoms with Crippen LogP contribution in [-0.4, -0.2) is 110 Å². The van der Waals surface area contributed by atoms with Gasteiger partial charge in [-0.15, -0.1) is 0 Å². The van der Waals surface area contributed by atoms with Crippen LogP contribution < -0.4 is 30.6 Å². The van der Waals surface area contributed by atoms with Crippen molar-refractivity contribution in [3.8, 4) is 33.9 Å². The molecule has 3 N–H and O–H groups in total. The van der Waals surface area contributed by atoms with Gasteiger partial charge in [-0.1, -0.05) is 144 Å². The lowest BCUT2D eigenvalue weighted by Crippen LogP contribution is -2.40. The Labute approximate surface area is 660 Å². The zero-order chi connectivity index (χ0) is 80.7. The van der Waals surface area contributed by atoms with Gasteiger partial charge in [0, 0.05) is 102 Å². The number of hydrogen-bond acceptors (Lipinski definition) is 20. The number of aryl methyl sites for hydroxylation is 4. The number of carbonyl (C=O) groups excluding carboxylic acids is 4. The molecule has 29 heteroatoms. The standard InChI is InChI=1S/C46H56Cl2N2O5S.C20H14N2O9S2.C15H17Cl2NO3/c1-8-9-25-49-39-22-20-32(2)28-35(39)45(5,6)41(49)17-12-10-13-18-42-46(7,36-29-33(3)21-23-40(36)50(42)26-16-27-56(52,53)54)24-15-11-14-19-43(51)55-44-37(47)30-34(4)31-38(44)48;21-13-7-5-11-15(9-3-1-2-4-10(9)20(23)24)12-6-8-14(22)19(33(28,29)30)17(12)31-16(11)18(13)32(25,26)27;1-9-7-12(16)14(13(17)8-9)21-15(20)11-3-5-18(6-4-11)10(2)19/h10,12-13,17-18,20-23,28-31H,8-9,11,14-16,19,24-27H2,1-7H3;1-8,21H,22H2,(H,23,24)(H,25,26,27)(H,28,29,30);7-8,11H,3-6H2,1-2H3/p-3. The average Bonchev–Trinajstić information content (AvgIpc) is 0.919. The predicted octanol–water partition coefficient (Wildman–Crippen LogP) is 15.3. The number of nitrogens with two attached hydrogens (primary N) is 1. The molecular formula is C81H84Cl4N5O17S3-3. The zero-order valence-electron chi connectivity index (χ0n) is 62.1. The van der Waals surface area contributed by atoms with E-state index in [1.54, 1.807) is 29.2 Å². The third-order valence-electron chi connectivity index (χ3n) is 19.6. The second-order valence-electron chi connectivity index (χ2n) is 28.2. The van der Waals surface area contributed by atoms with Crippen molar-refractivity contribution in [2.24, 2.45) is 5.92 Å². The number of carbonyl (C=O) groups is 4. The number of carboxylic acids is 1. The summed E-state index contributed by atoms with van der Waals surface area (Å²) in [4.78, 5) is 49.7. The first kappa shape index (κ1) is 85.3. The molecule has 11 rings (SSSR count). The van der Waals surface area contributed by atoms with E-state index in [0.29, 0.717) is 59.0 Å². The van der Waals surface area contributed by atoms with Gasteiger partial charge in [-0.2, -0.15) is 4.58 Å². The van der Waals surface area contributed by atoms with Crippen molar-refractivity contribution in [3.05, 3.63) is 210 Å². The van der Waals surface area contributed by atoms with Crippen molar-refractivity contribution >= 4 is 134 Å². The molecular weight excluding hydrogens is 1550 g/mol. The fourth-order valence-corrected chi connectivity index (χ4v) is 17.5. The van der Waals surface area contributed by atoms with Crippen LogP contribution in [0, 0.1) is 39.0 Å². The Morgan fingerprint density at radius 3 is 1.88 bits per heavy atom. The largest absolute Gasteiger partial charge is 0.748 e. The van der Waals surface area contributed by atoms with Gasteiger partial charge in [0.1, 0.15) is 36.6 Å². The Morgan fingerprint density at radius 1 is 0.691 bits per heavy atom. The van der Waals surface area contributed by atoms with Gasteiger partial charge >= 0.3 is 11.9 Å². The van der Waals surface area contributed by atoms with Crippen molar-refractivity contribution in [3.63, 3.8) is 0 Å². The first-order valence-corrected chi connectivity index (χ1v) is 41.4. The molecule has 6 aromatic rings. The number of anilines is 2. The van der Waals surface area contributed by atoms with E-state index in [9.17, 15) is 63.2 Å². The summed E-state index contributed by atoms with van der Waals surface area (Å²) in [5.74, 6) is -3.27. The number of aromatic carboxylic acids is 1. The molecule has 110 heavy (non-hydrogen) atoms. The Balaban J connectivity index is 0.000000215. The minimum Gasteiger partial charge on any atom is -0.748 e. The molecule has 1 saturated heterocycles. The third-order valence-corrected chi connectivity index (χ3v) is 23.4. The number of esters is 2. The number of unbranched alkanes of at least 4 members (excludes halogenated alkanes) is 3. The highest BCUT2D eigenvalue weighted by Crippen LogP contribution is 2.52. The highest BCUT2D eigenvalue weighted by Gasteiger charge is 2.45. The van der Waals surface area contributed by atoms with E-state index in [0.717, 1.165) is 78.9 Å². The molecule has 0 bridgehead atoms. The number of rotatable bonds is 23. The van der Waals surface area contributed by atoms with E-state index >= 15 is 0 Å². The molecule has 1 amide bonds. The van der Waals surface area contributed by atoms with Gasteiger partial charge in [0.25, 0.3) is 0 Å². The number of nitrogens with one attached hydrogen (secondary N) is 1. The summed E-state index contributed by atoms with van der Waals surface area (Å²) in [6.07, 6.45) is 17.5. The summed E-state index contributed by atoms with van der Waals surface area (Å²) < 4.78 is 125. The maximum atomic E-state index is 12.7. The van der Waals surface area contributed by atoms with Crippen LogP contribution in [0.4, 0.5) is 17.1 Å². The van der Waals surface area contributed by atoms with E-state index < -0.39 is 79.7 Å². The number of piperidine rings is 1. The van der Waals surface area contributed by atoms with Gasteiger partial charge in [-0.25, -0.2) is 25.3 Å². The summed E-state index contributed by atoms with van der Waals surface area (Å²) in [7, 11) is -15.0. The summed E-state index contributed by atoms with van der Waals surface area (Å²) in [6, 6.07) is 29.9. The highest BCUT2D eigenvalue weighted by molar-refractivity contribution is 7.86. The maximum Gasteiger partial charge on any atom is 0.314 e. The number of fused-ring (bicyclic) bond motifs is 4. The number of nitrogen functional groups attached to an aromatic ring is 1. The lowest BCUT2D eigenvalue weighted by molar-refractivity contribution is -0.438. The second kappa shape index (κ2) is 35.3. The first-order valence-electron chi connectivity index (χ1n) is 35.5. The molecule has 1 unspecified atom stereocenters. The molecule has 1 atom stereocenters. The van der Waals surface area contributed by atoms with Crippen molar-refractivity contribution < 1.29 is 81.7 Å². The average molecular weight is 1640 g/mol. The van der Waals surface area contributed by atoms with Crippen molar-refractivity contribution in [2.45, 2.75) is 147 Å². The molecule has 4 heterocycles. The number of likely N-dealkylation sites (tertiary alicyclic amines) is 1. The quantitative estimate of drug-likeness (QED) is 0.00878. The van der Waals surface area contributed by atoms with Gasteiger partial charge in [0.2, 0.25) is 11.6 Å². The summed E-state index contributed by atoms with van der Waals surface area (Å²) in [5.41, 5.74) is 14.7. The number of nitrogens with zero attached hydrogens (tertiary/aromatic N) is 3. The molecule has 6 aromatic carbocycles. The lowest BCUT2D eigenvalue weighted by Gasteiger charge is -2.30. The second-order valence-corrected chi connectivity index (χ2v) is 34.0. The minimum absolute atomic E-state index is 0.0337. The number of carboxylic acid groups (broad SMARTS) is 1. The lowest BCUT2D eigenvalue weighted by atomic mass is 9.76. The number of amides is 1. The molecule has 584 valence electrons. The predicted molar refractivity (Wildman–Crippen MR) is 421 cm³/mol. The number of ether oxygens (including phenoxy) is 2. The van der Waals surface area contributed by atoms with Crippen LogP contribution in [0.1, 0.15) is 143 Å². The Kier molecular flexibility index (Phi) is 27.4. The van der Waals surface area contributed by atoms with E-state index in [4.69, 9.17) is 71.4 Å². The van der Waals surface area contributed by atoms with E-state index in [1.807, 2.05) is 13.8 Å². The van der Waals surface area contributed by atoms with Crippen molar-refractivity contribution in [1.29, 1.82) is 5.41 Å². The van der Waals surface area contributed by atoms with Crippen LogP contribution in [0.3, 0.4) is 0 Å². The molecule has 1 fully saturated rings. The van der Waals surface area contributed by atoms with E-state index in [-0.39, 0.29) is 81.2 Å². The number of hydrogen-bond donors (Lipinski definition) is 2. The molecule has 4 aliphatic heterocycles. The normalized spacial score (nSPS) is 16.1. The molecule has 5 aliphatic rings. The number of halogens is 4. The summed E-state index contributed by atoms with van der Waals surface area (Å²) in [6.45, 7) is 21.0. The van der Waals surface area contributed by atoms with Crippen LogP contribution in [0.5, 0.6) is 11.5 Å². The minimum atomic E-state index is -5.33. The fourth-order valence-electron chi connectivity index (χ4n) is 14.2. The van der Waals surface area contributed by atoms with Crippen LogP contribution in [0.2, 0.25) is 20.1 Å². The topological polar surface area (TPSA) is 354 Å². The van der Waals surface area contributed by atoms with Gasteiger partial charge in [-0.3, -0.25) is 19.8 Å². The SMILES string of the molecule is CC(=O)N1CCC(C(=O)Oc2c(Cl)cc(C)cc2Cl)CC1.CCCC[N+]1=C(/C=C/C=C/C=C2\N(CCCS(=O)(=O)[O-])c3ccc(C)cc3C2(C)CCCCCC(=O)Oc2c(Cl)cc(C)cc2Cl)C(C)(C)c2cc(C)ccc21.N=c1ccc2c(-c3ccccc3C(=O)[O-])c3ccc(N)c(S(=O)(=O)[O-])c3oc-2c1S(=O)(=O)[O-]. The van der Waals surface area contributed by atoms with Crippen LogP contribution >= 0.6 is 46.4 Å². The van der Waals surface area contributed by atoms with Crippen LogP contribution in [0.15, 0.2) is 159 Å². The third kappa shape index (κ3) is 19.8. The zero-order valence-corrected chi connectivity index (χ0v) is 67.5. The Bertz CT molecular complexity index is 5410. The Morgan fingerprint density at radius 2 is 1.29 bits per heavy atom. The van der Waals surface area contributed by atoms with Gasteiger partial charge in [0.15, 0.2) is 28.6 Å². The number of allylic oxidation sites excluding steroid dienone is 6. The van der Waals surface area contributed by atoms with Crippen LogP contribution in [0.25, 0.3) is 33.4 Å². The summed E-state index contributed by atoms with van der Waals surface area (Å²) >= 11 is 24.7. The molecule has 0 radical (unpaired) electrons. The monoisotopic (exact) mass is 1630 g/mol. The molecule has 0 spiro atoms. The first-order chi connectivity index (χ1) is 51.7. The number of benzene rings is 7. The van der Waals surface area contributed by atoms with E-state index in [2.05, 4.69) is 118 Å². The smallest absolute Gasteiger partial charge is 0.314 e. The van der Waals surface area contributed by atoms with E-state index in [1.165, 1.54) is 71.4 Å².